The fraction of sp³-hybridized carbons (Fsp3) is 0.391. The van der Waals surface area contributed by atoms with Crippen LogP contribution in [0.1, 0.15) is 43.0 Å². The highest BCUT2D eigenvalue weighted by molar-refractivity contribution is 8.00. The Morgan fingerprint density at radius 3 is 2.36 bits per heavy atom. The second kappa shape index (κ2) is 9.78. The SMILES string of the molecule is CCOC(=O)CC1(Sc2ccccc2)CCCN(C(=O)c2ccccc2)CC1. The van der Waals surface area contributed by atoms with E-state index in [2.05, 4.69) is 12.1 Å². The molecule has 1 fully saturated rings. The molecule has 5 heteroatoms. The first kappa shape index (κ1) is 20.5. The molecule has 3 rings (SSSR count). The van der Waals surface area contributed by atoms with Crippen LogP contribution in [0.15, 0.2) is 65.6 Å². The molecule has 0 radical (unpaired) electrons. The lowest BCUT2D eigenvalue weighted by atomic mass is 9.95. The number of carbonyl (C=O) groups is 2. The number of thioether (sulfide) groups is 1. The van der Waals surface area contributed by atoms with Crippen LogP contribution < -0.4 is 0 Å². The van der Waals surface area contributed by atoms with Crippen LogP contribution in [0.4, 0.5) is 0 Å². The zero-order chi connectivity index (χ0) is 19.8. The molecule has 4 nitrogen and oxygen atoms in total. The van der Waals surface area contributed by atoms with Gasteiger partial charge >= 0.3 is 5.97 Å². The highest BCUT2D eigenvalue weighted by Gasteiger charge is 2.37. The van der Waals surface area contributed by atoms with E-state index in [-0.39, 0.29) is 16.6 Å². The zero-order valence-corrected chi connectivity index (χ0v) is 17.1. The van der Waals surface area contributed by atoms with Crippen molar-refractivity contribution in [3.05, 3.63) is 66.2 Å². The summed E-state index contributed by atoms with van der Waals surface area (Å²) in [5, 5.41) is 0. The molecular weight excluding hydrogens is 370 g/mol. The first-order chi connectivity index (χ1) is 13.6. The van der Waals surface area contributed by atoms with E-state index in [9.17, 15) is 9.59 Å². The van der Waals surface area contributed by atoms with E-state index in [1.807, 2.05) is 60.4 Å². The van der Waals surface area contributed by atoms with E-state index in [1.165, 1.54) is 0 Å². The molecule has 0 N–H and O–H groups in total. The van der Waals surface area contributed by atoms with Crippen molar-refractivity contribution in [1.29, 1.82) is 0 Å². The Balaban J connectivity index is 1.76. The zero-order valence-electron chi connectivity index (χ0n) is 16.3. The molecule has 1 aliphatic rings. The van der Waals surface area contributed by atoms with E-state index in [1.54, 1.807) is 11.8 Å². The molecule has 1 amide bonds. The normalized spacial score (nSPS) is 19.7. The van der Waals surface area contributed by atoms with Crippen LogP contribution in [0.25, 0.3) is 0 Å². The Labute approximate surface area is 171 Å². The van der Waals surface area contributed by atoms with Crippen molar-refractivity contribution < 1.29 is 14.3 Å². The topological polar surface area (TPSA) is 46.6 Å². The van der Waals surface area contributed by atoms with Gasteiger partial charge in [-0.3, -0.25) is 9.59 Å². The molecule has 0 spiro atoms. The Morgan fingerprint density at radius 2 is 1.68 bits per heavy atom. The van der Waals surface area contributed by atoms with Gasteiger partial charge < -0.3 is 9.64 Å². The molecular formula is C23H27NO3S. The second-order valence-corrected chi connectivity index (χ2v) is 8.63. The predicted molar refractivity (Wildman–Crippen MR) is 112 cm³/mol. The van der Waals surface area contributed by atoms with Crippen LogP contribution in [0, 0.1) is 0 Å². The van der Waals surface area contributed by atoms with E-state index in [0.717, 1.165) is 29.7 Å². The molecule has 1 aliphatic heterocycles. The summed E-state index contributed by atoms with van der Waals surface area (Å²) in [5.74, 6) is -0.0917. The van der Waals surface area contributed by atoms with Crippen molar-refractivity contribution in [2.24, 2.45) is 0 Å². The van der Waals surface area contributed by atoms with Crippen LogP contribution in [0.5, 0.6) is 0 Å². The third-order valence-electron chi connectivity index (χ3n) is 5.06. The van der Waals surface area contributed by atoms with E-state index >= 15 is 0 Å². The fourth-order valence-corrected chi connectivity index (χ4v) is 5.09. The lowest BCUT2D eigenvalue weighted by molar-refractivity contribution is -0.143. The number of likely N-dealkylation sites (tertiary alicyclic amines) is 1. The quantitative estimate of drug-likeness (QED) is 0.657. The van der Waals surface area contributed by atoms with E-state index < -0.39 is 0 Å². The van der Waals surface area contributed by atoms with Gasteiger partial charge in [0.1, 0.15) is 0 Å². The van der Waals surface area contributed by atoms with Crippen LogP contribution >= 0.6 is 11.8 Å². The average Bonchev–Trinajstić information content (AvgIpc) is 2.91. The highest BCUT2D eigenvalue weighted by atomic mass is 32.2. The minimum Gasteiger partial charge on any atom is -0.466 e. The molecule has 1 heterocycles. The van der Waals surface area contributed by atoms with Crippen LogP contribution in [0.3, 0.4) is 0 Å². The molecule has 1 atom stereocenters. The Bertz CT molecular complexity index is 781. The standard InChI is InChI=1S/C23H27NO3S/c1-2-27-21(25)18-23(28-20-12-7-4-8-13-20)14-9-16-24(17-15-23)22(26)19-10-5-3-6-11-19/h3-8,10-13H,2,9,14-18H2,1H3. The van der Waals surface area contributed by atoms with Crippen molar-refractivity contribution in [3.8, 4) is 0 Å². The number of hydrogen-bond donors (Lipinski definition) is 0. The minimum atomic E-state index is -0.251. The maximum Gasteiger partial charge on any atom is 0.307 e. The van der Waals surface area contributed by atoms with Crippen molar-refractivity contribution >= 4 is 23.6 Å². The largest absolute Gasteiger partial charge is 0.466 e. The van der Waals surface area contributed by atoms with Crippen LogP contribution in [-0.4, -0.2) is 41.2 Å². The molecule has 0 bridgehead atoms. The number of carbonyl (C=O) groups excluding carboxylic acids is 2. The van der Waals surface area contributed by atoms with Gasteiger partial charge in [-0.1, -0.05) is 36.4 Å². The number of rotatable bonds is 6. The smallest absolute Gasteiger partial charge is 0.307 e. The third-order valence-corrected chi connectivity index (χ3v) is 6.55. The maximum absolute atomic E-state index is 12.9. The van der Waals surface area contributed by atoms with Crippen molar-refractivity contribution in [2.45, 2.75) is 42.2 Å². The van der Waals surface area contributed by atoms with Gasteiger partial charge in [0, 0.05) is 28.3 Å². The monoisotopic (exact) mass is 397 g/mol. The molecule has 2 aromatic rings. The summed E-state index contributed by atoms with van der Waals surface area (Å²) in [6.45, 7) is 3.59. The molecule has 2 aromatic carbocycles. The van der Waals surface area contributed by atoms with Gasteiger partial charge in [0.15, 0.2) is 0 Å². The Morgan fingerprint density at radius 1 is 1.00 bits per heavy atom. The molecule has 1 unspecified atom stereocenters. The van der Waals surface area contributed by atoms with Gasteiger partial charge in [0.25, 0.3) is 5.91 Å². The van der Waals surface area contributed by atoms with Crippen LogP contribution in [-0.2, 0) is 9.53 Å². The van der Waals surface area contributed by atoms with Gasteiger partial charge in [-0.15, -0.1) is 11.8 Å². The lowest BCUT2D eigenvalue weighted by Crippen LogP contribution is -2.34. The fourth-order valence-electron chi connectivity index (χ4n) is 3.66. The second-order valence-electron chi connectivity index (χ2n) is 7.09. The van der Waals surface area contributed by atoms with Gasteiger partial charge in [-0.2, -0.15) is 0 Å². The van der Waals surface area contributed by atoms with Gasteiger partial charge in [-0.05, 0) is 50.5 Å². The van der Waals surface area contributed by atoms with Crippen LogP contribution in [0.2, 0.25) is 0 Å². The Hall–Kier alpha value is -2.27. The summed E-state index contributed by atoms with van der Waals surface area (Å²) in [4.78, 5) is 28.3. The van der Waals surface area contributed by atoms with Crippen molar-refractivity contribution in [3.63, 3.8) is 0 Å². The average molecular weight is 398 g/mol. The Kier molecular flexibility index (Phi) is 7.15. The maximum atomic E-state index is 12.9. The van der Waals surface area contributed by atoms with E-state index in [0.29, 0.717) is 26.1 Å². The third kappa shape index (κ3) is 5.38. The summed E-state index contributed by atoms with van der Waals surface area (Å²) >= 11 is 1.75. The molecule has 0 aliphatic carbocycles. The highest BCUT2D eigenvalue weighted by Crippen LogP contribution is 2.43. The molecule has 0 saturated carbocycles. The van der Waals surface area contributed by atoms with Crippen molar-refractivity contribution in [1.82, 2.24) is 4.90 Å². The van der Waals surface area contributed by atoms with E-state index in [4.69, 9.17) is 4.74 Å². The number of hydrogen-bond acceptors (Lipinski definition) is 4. The molecule has 28 heavy (non-hydrogen) atoms. The first-order valence-electron chi connectivity index (χ1n) is 9.86. The molecule has 1 saturated heterocycles. The predicted octanol–water partition coefficient (Wildman–Crippen LogP) is 4.80. The minimum absolute atomic E-state index is 0.0669. The number of benzene rings is 2. The number of esters is 1. The first-order valence-corrected chi connectivity index (χ1v) is 10.7. The summed E-state index contributed by atoms with van der Waals surface area (Å²) < 4.78 is 5.01. The van der Waals surface area contributed by atoms with Gasteiger partial charge in [0.2, 0.25) is 0 Å². The summed E-state index contributed by atoms with van der Waals surface area (Å²) in [6, 6.07) is 19.6. The lowest BCUT2D eigenvalue weighted by Gasteiger charge is -2.31. The van der Waals surface area contributed by atoms with Gasteiger partial charge in [-0.25, -0.2) is 0 Å². The summed E-state index contributed by atoms with van der Waals surface area (Å²) in [7, 11) is 0. The molecule has 148 valence electrons. The number of nitrogens with zero attached hydrogens (tertiary/aromatic N) is 1. The summed E-state index contributed by atoms with van der Waals surface area (Å²) in [5.41, 5.74) is 0.719. The molecule has 0 aromatic heterocycles. The number of ether oxygens (including phenoxy) is 1. The van der Waals surface area contributed by atoms with Gasteiger partial charge in [0.05, 0.1) is 13.0 Å². The summed E-state index contributed by atoms with van der Waals surface area (Å²) in [6.07, 6.45) is 2.89. The van der Waals surface area contributed by atoms with Crippen molar-refractivity contribution in [2.75, 3.05) is 19.7 Å². The number of amides is 1.